The Bertz CT molecular complexity index is 1110. The van der Waals surface area contributed by atoms with E-state index in [1.165, 1.54) is 19.1 Å². The molecule has 1 atom stereocenters. The SMILES string of the molecule is N#CC1(c2ccc(C=N)c(Nc3cc(N4CCN5CCOCC5C4)ncn3)c2)CC2(CC2)C1. The summed E-state index contributed by atoms with van der Waals surface area (Å²) in [6.07, 6.45) is 7.35. The molecule has 1 spiro atoms. The average Bonchev–Trinajstić information content (AvgIpc) is 3.63. The highest BCUT2D eigenvalue weighted by molar-refractivity contribution is 5.87. The van der Waals surface area contributed by atoms with E-state index in [1.807, 2.05) is 24.3 Å². The Morgan fingerprint density at radius 1 is 1.18 bits per heavy atom. The number of ether oxygens (including phenoxy) is 1. The number of nitriles is 1. The topological polar surface area (TPSA) is 101 Å². The molecule has 0 bridgehead atoms. The maximum Gasteiger partial charge on any atom is 0.135 e. The summed E-state index contributed by atoms with van der Waals surface area (Å²) < 4.78 is 5.67. The van der Waals surface area contributed by atoms with Crippen molar-refractivity contribution in [3.05, 3.63) is 41.7 Å². The molecule has 33 heavy (non-hydrogen) atoms. The number of anilines is 3. The molecule has 8 heteroatoms. The number of piperazine rings is 1. The van der Waals surface area contributed by atoms with Crippen LogP contribution < -0.4 is 10.2 Å². The van der Waals surface area contributed by atoms with E-state index in [-0.39, 0.29) is 0 Å². The van der Waals surface area contributed by atoms with Crippen LogP contribution in [0, 0.1) is 22.2 Å². The van der Waals surface area contributed by atoms with E-state index < -0.39 is 5.41 Å². The number of benzene rings is 1. The second-order valence-electron chi connectivity index (χ2n) is 10.1. The van der Waals surface area contributed by atoms with Crippen LogP contribution in [0.5, 0.6) is 0 Å². The third-order valence-corrected chi connectivity index (χ3v) is 7.96. The van der Waals surface area contributed by atoms with Crippen molar-refractivity contribution in [3.8, 4) is 6.07 Å². The maximum atomic E-state index is 9.97. The van der Waals surface area contributed by atoms with Crippen molar-refractivity contribution in [1.82, 2.24) is 14.9 Å². The highest BCUT2D eigenvalue weighted by atomic mass is 16.5. The van der Waals surface area contributed by atoms with E-state index in [0.29, 0.717) is 17.3 Å². The molecule has 8 nitrogen and oxygen atoms in total. The zero-order chi connectivity index (χ0) is 22.5. The van der Waals surface area contributed by atoms with Gasteiger partial charge in [0.15, 0.2) is 0 Å². The first-order valence-electron chi connectivity index (χ1n) is 11.8. The largest absolute Gasteiger partial charge is 0.378 e. The van der Waals surface area contributed by atoms with Gasteiger partial charge in [-0.15, -0.1) is 0 Å². The van der Waals surface area contributed by atoms with E-state index in [2.05, 4.69) is 31.2 Å². The molecule has 2 aliphatic carbocycles. The first-order valence-corrected chi connectivity index (χ1v) is 11.8. The predicted octanol–water partition coefficient (Wildman–Crippen LogP) is 3.07. The van der Waals surface area contributed by atoms with E-state index in [9.17, 15) is 5.26 Å². The van der Waals surface area contributed by atoms with E-state index in [0.717, 1.165) is 74.9 Å². The molecule has 1 unspecified atom stereocenters. The average molecular weight is 444 g/mol. The monoisotopic (exact) mass is 443 g/mol. The normalized spacial score (nSPS) is 24.9. The lowest BCUT2D eigenvalue weighted by atomic mass is 9.57. The second-order valence-corrected chi connectivity index (χ2v) is 10.1. The summed E-state index contributed by atoms with van der Waals surface area (Å²) in [5.41, 5.74) is 2.66. The number of nitrogens with zero attached hydrogens (tertiary/aromatic N) is 5. The van der Waals surface area contributed by atoms with Crippen LogP contribution in [0.3, 0.4) is 0 Å². The van der Waals surface area contributed by atoms with Crippen molar-refractivity contribution in [2.75, 3.05) is 49.6 Å². The van der Waals surface area contributed by atoms with E-state index in [1.54, 1.807) is 6.33 Å². The zero-order valence-electron chi connectivity index (χ0n) is 18.8. The molecule has 6 rings (SSSR count). The molecule has 4 aliphatic rings. The van der Waals surface area contributed by atoms with Gasteiger partial charge in [0.1, 0.15) is 18.0 Å². The van der Waals surface area contributed by atoms with Gasteiger partial charge in [-0.05, 0) is 42.7 Å². The van der Waals surface area contributed by atoms with Crippen molar-refractivity contribution < 1.29 is 4.74 Å². The number of rotatable bonds is 5. The molecule has 2 saturated heterocycles. The van der Waals surface area contributed by atoms with Crippen molar-refractivity contribution in [2.24, 2.45) is 5.41 Å². The Labute approximate surface area is 194 Å². The first kappa shape index (κ1) is 20.6. The summed E-state index contributed by atoms with van der Waals surface area (Å²) in [6.45, 7) is 5.43. The number of morpholine rings is 1. The number of nitrogens with one attached hydrogen (secondary N) is 2. The van der Waals surface area contributed by atoms with Gasteiger partial charge in [0, 0.05) is 49.7 Å². The molecule has 170 valence electrons. The molecule has 2 aliphatic heterocycles. The Balaban J connectivity index is 1.23. The van der Waals surface area contributed by atoms with Gasteiger partial charge in [0.05, 0.1) is 30.7 Å². The van der Waals surface area contributed by atoms with Crippen molar-refractivity contribution in [2.45, 2.75) is 37.1 Å². The molecule has 0 radical (unpaired) electrons. The molecule has 1 aromatic carbocycles. The van der Waals surface area contributed by atoms with E-state index in [4.69, 9.17) is 10.1 Å². The van der Waals surface area contributed by atoms with E-state index >= 15 is 0 Å². The maximum absolute atomic E-state index is 9.97. The van der Waals surface area contributed by atoms with Crippen molar-refractivity contribution >= 4 is 23.5 Å². The quantitative estimate of drug-likeness (QED) is 0.685. The number of aromatic nitrogens is 2. The third kappa shape index (κ3) is 3.65. The van der Waals surface area contributed by atoms with Gasteiger partial charge in [0.2, 0.25) is 0 Å². The Hall–Kier alpha value is -3.02. The summed E-state index contributed by atoms with van der Waals surface area (Å²) in [5, 5.41) is 21.2. The lowest BCUT2D eigenvalue weighted by molar-refractivity contribution is -0.0117. The summed E-state index contributed by atoms with van der Waals surface area (Å²) in [5.74, 6) is 1.59. The van der Waals surface area contributed by atoms with Gasteiger partial charge >= 0.3 is 0 Å². The summed E-state index contributed by atoms with van der Waals surface area (Å²) in [7, 11) is 0. The predicted molar refractivity (Wildman–Crippen MR) is 126 cm³/mol. The lowest BCUT2D eigenvalue weighted by Crippen LogP contribution is -2.58. The van der Waals surface area contributed by atoms with Gasteiger partial charge < -0.3 is 20.4 Å². The molecule has 2 N–H and O–H groups in total. The minimum atomic E-state index is -0.397. The number of hydrogen-bond donors (Lipinski definition) is 2. The standard InChI is InChI=1S/C25H29N7O/c26-11-18-1-2-19(25(16-27)14-24(15-25)3-4-24)9-21(18)30-22-10-23(29-17-28-22)32-6-5-31-7-8-33-13-20(31)12-32/h1-2,9-11,17,20,26H,3-8,12-15H2,(H,28,29,30). The van der Waals surface area contributed by atoms with Gasteiger partial charge in [-0.3, -0.25) is 4.90 Å². The highest BCUT2D eigenvalue weighted by Crippen LogP contribution is 2.68. The smallest absolute Gasteiger partial charge is 0.135 e. The van der Waals surface area contributed by atoms with Gasteiger partial charge in [0.25, 0.3) is 0 Å². The lowest BCUT2D eigenvalue weighted by Gasteiger charge is -2.44. The molecule has 0 amide bonds. The number of hydrogen-bond acceptors (Lipinski definition) is 8. The minimum Gasteiger partial charge on any atom is -0.378 e. The van der Waals surface area contributed by atoms with Crippen LogP contribution in [0.15, 0.2) is 30.6 Å². The number of fused-ring (bicyclic) bond motifs is 1. The van der Waals surface area contributed by atoms with Crippen LogP contribution in [0.1, 0.15) is 36.8 Å². The first-order chi connectivity index (χ1) is 16.1. The molecule has 4 fully saturated rings. The molecular weight excluding hydrogens is 414 g/mol. The molecule has 2 aromatic rings. The van der Waals surface area contributed by atoms with Gasteiger partial charge in [-0.1, -0.05) is 12.1 Å². The van der Waals surface area contributed by atoms with Crippen LogP contribution in [0.4, 0.5) is 17.3 Å². The van der Waals surface area contributed by atoms with Crippen LogP contribution in [0.2, 0.25) is 0 Å². The van der Waals surface area contributed by atoms with Crippen LogP contribution in [0.25, 0.3) is 0 Å². The van der Waals surface area contributed by atoms with Crippen LogP contribution in [-0.2, 0) is 10.2 Å². The fourth-order valence-electron chi connectivity index (χ4n) is 5.88. The minimum absolute atomic E-state index is 0.397. The summed E-state index contributed by atoms with van der Waals surface area (Å²) >= 11 is 0. The van der Waals surface area contributed by atoms with Crippen LogP contribution >= 0.6 is 0 Å². The Morgan fingerprint density at radius 2 is 2.06 bits per heavy atom. The summed E-state index contributed by atoms with van der Waals surface area (Å²) in [6, 6.07) is 11.0. The van der Waals surface area contributed by atoms with Crippen molar-refractivity contribution in [1.29, 1.82) is 10.7 Å². The second kappa shape index (κ2) is 7.79. The van der Waals surface area contributed by atoms with Crippen molar-refractivity contribution in [3.63, 3.8) is 0 Å². The molecular formula is C25H29N7O. The fourth-order valence-corrected chi connectivity index (χ4v) is 5.88. The van der Waals surface area contributed by atoms with Gasteiger partial charge in [-0.25, -0.2) is 9.97 Å². The third-order valence-electron chi connectivity index (χ3n) is 7.96. The zero-order valence-corrected chi connectivity index (χ0v) is 18.8. The summed E-state index contributed by atoms with van der Waals surface area (Å²) in [4.78, 5) is 13.8. The Morgan fingerprint density at radius 3 is 2.85 bits per heavy atom. The molecule has 2 saturated carbocycles. The fraction of sp³-hybridized carbons (Fsp3) is 0.520. The van der Waals surface area contributed by atoms with Gasteiger partial charge in [-0.2, -0.15) is 5.26 Å². The van der Waals surface area contributed by atoms with Crippen LogP contribution in [-0.4, -0.2) is 66.5 Å². The molecule has 3 heterocycles. The Kier molecular flexibility index (Phi) is 4.86. The highest BCUT2D eigenvalue weighted by Gasteiger charge is 2.61. The molecule has 1 aromatic heterocycles.